The van der Waals surface area contributed by atoms with Crippen molar-refractivity contribution in [2.24, 2.45) is 0 Å². The first kappa shape index (κ1) is 17.5. The van der Waals surface area contributed by atoms with Crippen molar-refractivity contribution >= 4 is 22.9 Å². The lowest BCUT2D eigenvalue weighted by molar-refractivity contribution is -0.124. The summed E-state index contributed by atoms with van der Waals surface area (Å²) in [6.45, 7) is 0.935. The minimum atomic E-state index is -0.521. The number of fused-ring (bicyclic) bond motifs is 2. The van der Waals surface area contributed by atoms with E-state index < -0.39 is 5.91 Å². The minimum Gasteiger partial charge on any atom is -0.361 e. The molecule has 0 saturated carbocycles. The van der Waals surface area contributed by atoms with E-state index in [1.807, 2.05) is 6.07 Å². The van der Waals surface area contributed by atoms with Gasteiger partial charge < -0.3 is 10.3 Å². The van der Waals surface area contributed by atoms with Gasteiger partial charge in [0.1, 0.15) is 0 Å². The van der Waals surface area contributed by atoms with Crippen molar-refractivity contribution in [1.82, 2.24) is 15.8 Å². The molecule has 138 valence electrons. The van der Waals surface area contributed by atoms with E-state index in [1.165, 1.54) is 33.7 Å². The molecule has 3 aromatic rings. The Morgan fingerprint density at radius 1 is 1.26 bits per heavy atom. The van der Waals surface area contributed by atoms with Crippen LogP contribution in [0.15, 0.2) is 54.7 Å². The molecule has 0 saturated heterocycles. The predicted molar refractivity (Wildman–Crippen MR) is 106 cm³/mol. The first-order valence-corrected chi connectivity index (χ1v) is 9.28. The number of hydrogen-bond donors (Lipinski definition) is 4. The number of H-pyrrole nitrogens is 1. The Labute approximate surface area is 158 Å². The summed E-state index contributed by atoms with van der Waals surface area (Å²) in [6.07, 6.45) is 8.27. The Balaban J connectivity index is 1.38. The molecule has 1 aliphatic carbocycles. The minimum absolute atomic E-state index is 0.379. The largest absolute Gasteiger partial charge is 0.361 e. The molecule has 4 rings (SSSR count). The highest BCUT2D eigenvalue weighted by atomic mass is 16.5. The fourth-order valence-corrected chi connectivity index (χ4v) is 3.88. The van der Waals surface area contributed by atoms with Crippen molar-refractivity contribution in [2.75, 3.05) is 6.54 Å². The van der Waals surface area contributed by atoms with E-state index in [2.05, 4.69) is 52.9 Å². The average Bonchev–Trinajstić information content (AvgIpc) is 3.30. The molecular weight excluding hydrogens is 338 g/mol. The molecule has 1 atom stereocenters. The third-order valence-corrected chi connectivity index (χ3v) is 5.24. The SMILES string of the molecule is O=C(/C=C/c1ccc2c(c1)CC[C@@H]2NCCc1c[nH]c2ccccc12)NO. The van der Waals surface area contributed by atoms with Crippen LogP contribution in [0.25, 0.3) is 17.0 Å². The standard InChI is InChI=1S/C22H23N3O2/c26-22(25-27)10-6-15-5-8-19-16(13-15)7-9-21(19)23-12-11-17-14-24-20-4-2-1-3-18(17)20/h1-6,8,10,13-14,21,23-24,27H,7,9,11-12H2,(H,25,26)/b10-6+/t21-/m0/s1. The Hall–Kier alpha value is -2.89. The third kappa shape index (κ3) is 3.79. The first-order chi connectivity index (χ1) is 13.2. The molecule has 1 heterocycles. The van der Waals surface area contributed by atoms with Gasteiger partial charge in [0.05, 0.1) is 0 Å². The highest BCUT2D eigenvalue weighted by Gasteiger charge is 2.21. The Morgan fingerprint density at radius 2 is 2.15 bits per heavy atom. The van der Waals surface area contributed by atoms with Gasteiger partial charge in [-0.25, -0.2) is 5.48 Å². The van der Waals surface area contributed by atoms with Gasteiger partial charge in [-0.05, 0) is 60.2 Å². The van der Waals surface area contributed by atoms with Gasteiger partial charge in [-0.2, -0.15) is 0 Å². The molecule has 0 aliphatic heterocycles. The predicted octanol–water partition coefficient (Wildman–Crippen LogP) is 3.51. The zero-order valence-electron chi connectivity index (χ0n) is 15.0. The van der Waals surface area contributed by atoms with Gasteiger partial charge in [0.25, 0.3) is 5.91 Å². The molecule has 0 spiro atoms. The summed E-state index contributed by atoms with van der Waals surface area (Å²) < 4.78 is 0. The van der Waals surface area contributed by atoms with E-state index in [4.69, 9.17) is 5.21 Å². The van der Waals surface area contributed by atoms with E-state index in [1.54, 1.807) is 11.6 Å². The highest BCUT2D eigenvalue weighted by molar-refractivity contribution is 5.90. The number of hydrogen-bond acceptors (Lipinski definition) is 3. The molecular formula is C22H23N3O2. The van der Waals surface area contributed by atoms with Crippen LogP contribution in [0.4, 0.5) is 0 Å². The van der Waals surface area contributed by atoms with Crippen molar-refractivity contribution in [3.8, 4) is 0 Å². The number of aryl methyl sites for hydroxylation is 1. The van der Waals surface area contributed by atoms with E-state index in [9.17, 15) is 4.79 Å². The Bertz CT molecular complexity index is 990. The van der Waals surface area contributed by atoms with Gasteiger partial charge in [0, 0.05) is 29.2 Å². The second-order valence-electron chi connectivity index (χ2n) is 6.92. The number of nitrogens with one attached hydrogen (secondary N) is 3. The van der Waals surface area contributed by atoms with Crippen molar-refractivity contribution in [2.45, 2.75) is 25.3 Å². The fourth-order valence-electron chi connectivity index (χ4n) is 3.88. The summed E-state index contributed by atoms with van der Waals surface area (Å²) in [7, 11) is 0. The molecule has 4 N–H and O–H groups in total. The molecule has 2 aromatic carbocycles. The van der Waals surface area contributed by atoms with Crippen LogP contribution in [-0.4, -0.2) is 22.6 Å². The molecule has 27 heavy (non-hydrogen) atoms. The zero-order chi connectivity index (χ0) is 18.6. The van der Waals surface area contributed by atoms with E-state index in [0.29, 0.717) is 6.04 Å². The second kappa shape index (κ2) is 7.78. The molecule has 0 unspecified atom stereocenters. The summed E-state index contributed by atoms with van der Waals surface area (Å²) in [5.74, 6) is -0.521. The quantitative estimate of drug-likeness (QED) is 0.308. The van der Waals surface area contributed by atoms with Gasteiger partial charge in [-0.15, -0.1) is 0 Å². The fraction of sp³-hybridized carbons (Fsp3) is 0.227. The number of hydroxylamine groups is 1. The number of amides is 1. The number of rotatable bonds is 6. The molecule has 0 fully saturated rings. The number of carbonyl (C=O) groups excluding carboxylic acids is 1. The number of carbonyl (C=O) groups is 1. The molecule has 1 aliphatic rings. The van der Waals surface area contributed by atoms with Gasteiger partial charge in [0.2, 0.25) is 0 Å². The number of aromatic amines is 1. The summed E-state index contributed by atoms with van der Waals surface area (Å²) in [5, 5.41) is 13.5. The maximum Gasteiger partial charge on any atom is 0.267 e. The van der Waals surface area contributed by atoms with Gasteiger partial charge in [-0.1, -0.05) is 36.4 Å². The zero-order valence-corrected chi connectivity index (χ0v) is 15.0. The van der Waals surface area contributed by atoms with Crippen LogP contribution in [0.1, 0.15) is 34.7 Å². The summed E-state index contributed by atoms with van der Waals surface area (Å²) in [6, 6.07) is 15.1. The molecule has 5 heteroatoms. The average molecular weight is 361 g/mol. The summed E-state index contributed by atoms with van der Waals surface area (Å²) in [5.41, 5.74) is 7.78. The lowest BCUT2D eigenvalue weighted by Gasteiger charge is -2.14. The smallest absolute Gasteiger partial charge is 0.267 e. The molecule has 0 radical (unpaired) electrons. The van der Waals surface area contributed by atoms with E-state index >= 15 is 0 Å². The third-order valence-electron chi connectivity index (χ3n) is 5.24. The van der Waals surface area contributed by atoms with Crippen molar-refractivity contribution in [3.63, 3.8) is 0 Å². The van der Waals surface area contributed by atoms with Crippen LogP contribution in [-0.2, 0) is 17.6 Å². The van der Waals surface area contributed by atoms with Crippen LogP contribution in [0, 0.1) is 0 Å². The molecule has 5 nitrogen and oxygen atoms in total. The van der Waals surface area contributed by atoms with Crippen LogP contribution in [0.3, 0.4) is 0 Å². The Morgan fingerprint density at radius 3 is 3.04 bits per heavy atom. The van der Waals surface area contributed by atoms with Crippen LogP contribution in [0.5, 0.6) is 0 Å². The molecule has 0 bridgehead atoms. The van der Waals surface area contributed by atoms with E-state index in [0.717, 1.165) is 31.4 Å². The molecule has 1 amide bonds. The van der Waals surface area contributed by atoms with Crippen LogP contribution >= 0.6 is 0 Å². The lowest BCUT2D eigenvalue weighted by atomic mass is 10.0. The van der Waals surface area contributed by atoms with Gasteiger partial charge in [-0.3, -0.25) is 10.0 Å². The topological polar surface area (TPSA) is 77.2 Å². The van der Waals surface area contributed by atoms with Crippen molar-refractivity contribution in [1.29, 1.82) is 0 Å². The van der Waals surface area contributed by atoms with Crippen molar-refractivity contribution < 1.29 is 10.0 Å². The first-order valence-electron chi connectivity index (χ1n) is 9.28. The second-order valence-corrected chi connectivity index (χ2v) is 6.92. The maximum atomic E-state index is 11.1. The lowest BCUT2D eigenvalue weighted by Crippen LogP contribution is -2.21. The van der Waals surface area contributed by atoms with E-state index in [-0.39, 0.29) is 0 Å². The number of para-hydroxylation sites is 1. The number of benzene rings is 2. The van der Waals surface area contributed by atoms with Gasteiger partial charge in [0.15, 0.2) is 0 Å². The molecule has 1 aromatic heterocycles. The normalized spacial score (nSPS) is 16.1. The Kier molecular flexibility index (Phi) is 5.05. The maximum absolute atomic E-state index is 11.1. The van der Waals surface area contributed by atoms with Crippen LogP contribution in [0.2, 0.25) is 0 Å². The monoisotopic (exact) mass is 361 g/mol. The van der Waals surface area contributed by atoms with Gasteiger partial charge >= 0.3 is 0 Å². The number of aromatic nitrogens is 1. The van der Waals surface area contributed by atoms with Crippen LogP contribution < -0.4 is 10.8 Å². The highest BCUT2D eigenvalue weighted by Crippen LogP contribution is 2.32. The van der Waals surface area contributed by atoms with Crippen molar-refractivity contribution in [3.05, 3.63) is 77.0 Å². The summed E-state index contributed by atoms with van der Waals surface area (Å²) in [4.78, 5) is 14.4. The summed E-state index contributed by atoms with van der Waals surface area (Å²) >= 11 is 0.